The van der Waals surface area contributed by atoms with E-state index in [1.54, 1.807) is 20.8 Å². The van der Waals surface area contributed by atoms with Crippen LogP contribution in [-0.4, -0.2) is 21.1 Å². The van der Waals surface area contributed by atoms with E-state index in [-0.39, 0.29) is 12.1 Å². The van der Waals surface area contributed by atoms with Gasteiger partial charge in [0.15, 0.2) is 0 Å². The van der Waals surface area contributed by atoms with Crippen molar-refractivity contribution in [1.82, 2.24) is 9.55 Å². The normalized spacial score (nSPS) is 11.8. The van der Waals surface area contributed by atoms with Crippen molar-refractivity contribution >= 4 is 27.5 Å². The maximum atomic E-state index is 12.3. The number of nitrogens with zero attached hydrogens (tertiary/aromatic N) is 2. The second-order valence-corrected chi connectivity index (χ2v) is 6.66. The predicted molar refractivity (Wildman–Crippen MR) is 79.1 cm³/mol. The Kier molecular flexibility index (Phi) is 3.94. The summed E-state index contributed by atoms with van der Waals surface area (Å²) >= 11 is 1.51. The van der Waals surface area contributed by atoms with Crippen molar-refractivity contribution in [3.63, 3.8) is 0 Å². The molecule has 0 aromatic carbocycles. The van der Waals surface area contributed by atoms with Gasteiger partial charge in [-0.25, -0.2) is 4.98 Å². The summed E-state index contributed by atoms with van der Waals surface area (Å²) in [6, 6.07) is 1.85. The van der Waals surface area contributed by atoms with Crippen LogP contribution in [-0.2, 0) is 22.5 Å². The van der Waals surface area contributed by atoms with Gasteiger partial charge >= 0.3 is 5.97 Å². The largest absolute Gasteiger partial charge is 0.459 e. The Morgan fingerprint density at radius 2 is 2.15 bits per heavy atom. The maximum Gasteiger partial charge on any atom is 0.326 e. The van der Waals surface area contributed by atoms with Gasteiger partial charge in [-0.2, -0.15) is 0 Å². The lowest BCUT2D eigenvalue weighted by Crippen LogP contribution is -2.30. The van der Waals surface area contributed by atoms with Crippen LogP contribution in [0.25, 0.3) is 10.2 Å². The molecule has 0 atom stereocenters. The third-order valence-corrected chi connectivity index (χ3v) is 3.82. The zero-order valence-corrected chi connectivity index (χ0v) is 12.9. The summed E-state index contributed by atoms with van der Waals surface area (Å²) in [5, 5.41) is 0.568. The van der Waals surface area contributed by atoms with E-state index in [0.29, 0.717) is 10.2 Å². The summed E-state index contributed by atoms with van der Waals surface area (Å²) in [6.45, 7) is 7.30. The second kappa shape index (κ2) is 5.36. The van der Waals surface area contributed by atoms with Crippen molar-refractivity contribution in [3.8, 4) is 0 Å². The lowest BCUT2D eigenvalue weighted by molar-refractivity contribution is -0.155. The van der Waals surface area contributed by atoms with Gasteiger partial charge in [-0.05, 0) is 33.3 Å². The molecule has 0 aliphatic heterocycles. The Morgan fingerprint density at radius 1 is 1.45 bits per heavy atom. The Balaban J connectivity index is 2.29. The summed E-state index contributed by atoms with van der Waals surface area (Å²) in [7, 11) is 0. The molecule has 0 N–H and O–H groups in total. The summed E-state index contributed by atoms with van der Waals surface area (Å²) in [5.74, 6) is -0.438. The summed E-state index contributed by atoms with van der Waals surface area (Å²) in [6.07, 6.45) is 2.27. The lowest BCUT2D eigenvalue weighted by atomic mass is 10.2. The molecule has 6 heteroatoms. The first-order valence-corrected chi connectivity index (χ1v) is 7.31. The molecule has 2 aromatic rings. The quantitative estimate of drug-likeness (QED) is 0.815. The van der Waals surface area contributed by atoms with E-state index in [4.69, 9.17) is 4.74 Å². The molecule has 20 heavy (non-hydrogen) atoms. The van der Waals surface area contributed by atoms with Crippen molar-refractivity contribution in [2.45, 2.75) is 46.3 Å². The fourth-order valence-corrected chi connectivity index (χ4v) is 2.73. The molecule has 0 unspecified atom stereocenters. The Labute approximate surface area is 121 Å². The Morgan fingerprint density at radius 3 is 2.75 bits per heavy atom. The number of aryl methyl sites for hydroxylation is 1. The first-order valence-electron chi connectivity index (χ1n) is 6.50. The number of fused-ring (bicyclic) bond motifs is 1. The average Bonchev–Trinajstić information content (AvgIpc) is 2.74. The number of rotatable bonds is 3. The highest BCUT2D eigenvalue weighted by Crippen LogP contribution is 2.21. The van der Waals surface area contributed by atoms with Gasteiger partial charge in [0.25, 0.3) is 5.56 Å². The highest BCUT2D eigenvalue weighted by Gasteiger charge is 2.17. The molecule has 2 aromatic heterocycles. The number of ether oxygens (including phenoxy) is 1. The van der Waals surface area contributed by atoms with Crippen LogP contribution in [0.1, 0.15) is 32.6 Å². The molecular weight excluding hydrogens is 276 g/mol. The Hall–Kier alpha value is -1.69. The number of carbonyl (C=O) groups excluding carboxylic acids is 1. The van der Waals surface area contributed by atoms with Crippen molar-refractivity contribution in [2.24, 2.45) is 0 Å². The van der Waals surface area contributed by atoms with Crippen LogP contribution in [0.5, 0.6) is 0 Å². The topological polar surface area (TPSA) is 61.2 Å². The molecule has 108 valence electrons. The van der Waals surface area contributed by atoms with E-state index >= 15 is 0 Å². The highest BCUT2D eigenvalue weighted by atomic mass is 32.1. The number of carbonyl (C=O) groups is 1. The van der Waals surface area contributed by atoms with Crippen LogP contribution in [0.4, 0.5) is 0 Å². The zero-order chi connectivity index (χ0) is 14.9. The number of hydrogen-bond donors (Lipinski definition) is 0. The molecule has 0 radical (unpaired) electrons. The van der Waals surface area contributed by atoms with Gasteiger partial charge in [0.1, 0.15) is 17.0 Å². The zero-order valence-electron chi connectivity index (χ0n) is 12.1. The number of hydrogen-bond acceptors (Lipinski definition) is 5. The van der Waals surface area contributed by atoms with Crippen LogP contribution in [0, 0.1) is 0 Å². The van der Waals surface area contributed by atoms with Crippen LogP contribution in [0.2, 0.25) is 0 Å². The number of aromatic nitrogens is 2. The highest BCUT2D eigenvalue weighted by molar-refractivity contribution is 7.18. The second-order valence-electron chi connectivity index (χ2n) is 5.55. The van der Waals surface area contributed by atoms with Crippen molar-refractivity contribution in [1.29, 1.82) is 0 Å². The van der Waals surface area contributed by atoms with Crippen molar-refractivity contribution in [3.05, 3.63) is 27.6 Å². The molecule has 2 heterocycles. The standard InChI is InChI=1S/C14H18N2O3S/c1-5-9-6-10-12(20-9)15-8-16(13(10)18)7-11(17)19-14(2,3)4/h6,8H,5,7H2,1-4H3. The molecule has 0 saturated heterocycles. The molecule has 0 saturated carbocycles. The minimum Gasteiger partial charge on any atom is -0.459 e. The molecule has 0 spiro atoms. The summed E-state index contributed by atoms with van der Waals surface area (Å²) in [5.41, 5.74) is -0.757. The number of thiophene rings is 1. The van der Waals surface area contributed by atoms with E-state index in [1.807, 2.05) is 13.0 Å². The van der Waals surface area contributed by atoms with Gasteiger partial charge in [0.05, 0.1) is 11.7 Å². The molecule has 0 fully saturated rings. The minimum absolute atomic E-state index is 0.115. The fraction of sp³-hybridized carbons (Fsp3) is 0.500. The molecule has 0 bridgehead atoms. The first kappa shape index (κ1) is 14.7. The molecule has 0 aliphatic rings. The predicted octanol–water partition coefficient (Wildman–Crippen LogP) is 2.36. The molecule has 2 rings (SSSR count). The van der Waals surface area contributed by atoms with Crippen LogP contribution >= 0.6 is 11.3 Å². The molecular formula is C14H18N2O3S. The van der Waals surface area contributed by atoms with Crippen LogP contribution < -0.4 is 5.56 Å². The smallest absolute Gasteiger partial charge is 0.326 e. The van der Waals surface area contributed by atoms with Gasteiger partial charge in [0.2, 0.25) is 0 Å². The Bertz CT molecular complexity index is 694. The lowest BCUT2D eigenvalue weighted by Gasteiger charge is -2.19. The van der Waals surface area contributed by atoms with Crippen LogP contribution in [0.3, 0.4) is 0 Å². The van der Waals surface area contributed by atoms with Gasteiger partial charge in [0, 0.05) is 4.88 Å². The van der Waals surface area contributed by atoms with Gasteiger partial charge in [-0.15, -0.1) is 11.3 Å². The third-order valence-electron chi connectivity index (χ3n) is 2.64. The van der Waals surface area contributed by atoms with E-state index < -0.39 is 11.6 Å². The first-order chi connectivity index (χ1) is 9.30. The maximum absolute atomic E-state index is 12.3. The molecule has 0 amide bonds. The summed E-state index contributed by atoms with van der Waals surface area (Å²) in [4.78, 5) is 30.1. The SMILES string of the molecule is CCc1cc2c(=O)n(CC(=O)OC(C)(C)C)cnc2s1. The van der Waals surface area contributed by atoms with Crippen molar-refractivity contribution < 1.29 is 9.53 Å². The van der Waals surface area contributed by atoms with E-state index in [9.17, 15) is 9.59 Å². The minimum atomic E-state index is -0.560. The number of esters is 1. The van der Waals surface area contributed by atoms with Gasteiger partial charge < -0.3 is 4.74 Å². The van der Waals surface area contributed by atoms with Gasteiger partial charge in [-0.1, -0.05) is 6.92 Å². The molecule has 0 aliphatic carbocycles. The molecule has 5 nitrogen and oxygen atoms in total. The third kappa shape index (κ3) is 3.25. The van der Waals surface area contributed by atoms with Gasteiger partial charge in [-0.3, -0.25) is 14.2 Å². The van der Waals surface area contributed by atoms with E-state index in [1.165, 1.54) is 22.2 Å². The van der Waals surface area contributed by atoms with E-state index in [2.05, 4.69) is 4.98 Å². The fourth-order valence-electron chi connectivity index (χ4n) is 1.81. The van der Waals surface area contributed by atoms with Crippen molar-refractivity contribution in [2.75, 3.05) is 0 Å². The monoisotopic (exact) mass is 294 g/mol. The average molecular weight is 294 g/mol. The van der Waals surface area contributed by atoms with Crippen LogP contribution in [0.15, 0.2) is 17.2 Å². The summed E-state index contributed by atoms with van der Waals surface area (Å²) < 4.78 is 6.51. The van der Waals surface area contributed by atoms with E-state index in [0.717, 1.165) is 11.3 Å².